The van der Waals surface area contributed by atoms with Crippen LogP contribution in [0.2, 0.25) is 0 Å². The van der Waals surface area contributed by atoms with Gasteiger partial charge in [0, 0.05) is 12.2 Å². The molecule has 1 unspecified atom stereocenters. The zero-order chi connectivity index (χ0) is 17.3. The molecule has 0 radical (unpaired) electrons. The molecule has 3 N–H and O–H groups in total. The first kappa shape index (κ1) is 16.0. The molecule has 0 bridgehead atoms. The van der Waals surface area contributed by atoms with E-state index >= 15 is 0 Å². The molecule has 1 fully saturated rings. The molecule has 1 aromatic carbocycles. The molecule has 24 heavy (non-hydrogen) atoms. The first-order chi connectivity index (χ1) is 11.4. The lowest BCUT2D eigenvalue weighted by Crippen LogP contribution is -2.33. The first-order valence-electron chi connectivity index (χ1n) is 7.86. The summed E-state index contributed by atoms with van der Waals surface area (Å²) >= 11 is 0. The van der Waals surface area contributed by atoms with E-state index < -0.39 is 5.92 Å². The van der Waals surface area contributed by atoms with Crippen molar-refractivity contribution in [2.24, 2.45) is 5.92 Å². The van der Waals surface area contributed by atoms with Gasteiger partial charge in [0.15, 0.2) is 0 Å². The van der Waals surface area contributed by atoms with Gasteiger partial charge in [0.2, 0.25) is 11.8 Å². The number of anilines is 3. The Morgan fingerprint density at radius 3 is 2.58 bits per heavy atom. The van der Waals surface area contributed by atoms with Crippen LogP contribution in [-0.2, 0) is 9.59 Å². The molecule has 1 saturated heterocycles. The van der Waals surface area contributed by atoms with E-state index in [9.17, 15) is 9.59 Å². The quantitative estimate of drug-likeness (QED) is 0.848. The van der Waals surface area contributed by atoms with E-state index in [-0.39, 0.29) is 11.8 Å². The highest BCUT2D eigenvalue weighted by Crippen LogP contribution is 2.27. The number of rotatable bonds is 3. The maximum atomic E-state index is 12.6. The molecule has 2 aromatic rings. The van der Waals surface area contributed by atoms with Crippen LogP contribution < -0.4 is 16.0 Å². The average molecular weight is 324 g/mol. The minimum atomic E-state index is -0.677. The molecular weight excluding hydrogens is 304 g/mol. The smallest absolute Gasteiger partial charge is 0.239 e. The fourth-order valence-corrected chi connectivity index (χ4v) is 2.99. The predicted molar refractivity (Wildman–Crippen MR) is 93.7 cm³/mol. The van der Waals surface area contributed by atoms with E-state index in [1.807, 2.05) is 26.0 Å². The molecule has 1 atom stereocenters. The molecule has 124 valence electrons. The van der Waals surface area contributed by atoms with Crippen LogP contribution in [0.1, 0.15) is 17.5 Å². The van der Waals surface area contributed by atoms with Crippen LogP contribution in [0.25, 0.3) is 0 Å². The normalized spacial score (nSPS) is 17.2. The van der Waals surface area contributed by atoms with Crippen molar-refractivity contribution in [2.75, 3.05) is 22.5 Å². The van der Waals surface area contributed by atoms with E-state index in [0.717, 1.165) is 16.8 Å². The maximum absolute atomic E-state index is 12.6. The third-order valence-corrected chi connectivity index (χ3v) is 4.09. The molecule has 0 saturated carbocycles. The van der Waals surface area contributed by atoms with Crippen LogP contribution in [-0.4, -0.2) is 23.3 Å². The molecule has 3 rings (SSSR count). The van der Waals surface area contributed by atoms with Gasteiger partial charge in [-0.1, -0.05) is 6.07 Å². The molecule has 1 aliphatic heterocycles. The lowest BCUT2D eigenvalue weighted by atomic mass is 10.1. The number of amides is 2. The third-order valence-electron chi connectivity index (χ3n) is 4.09. The lowest BCUT2D eigenvalue weighted by molar-refractivity contribution is -0.129. The zero-order valence-corrected chi connectivity index (χ0v) is 13.7. The van der Waals surface area contributed by atoms with E-state index in [4.69, 9.17) is 5.73 Å². The topological polar surface area (TPSA) is 88.3 Å². The van der Waals surface area contributed by atoms with Crippen LogP contribution in [0, 0.1) is 19.8 Å². The fourth-order valence-electron chi connectivity index (χ4n) is 2.99. The number of aryl methyl sites for hydroxylation is 2. The fraction of sp³-hybridized carbons (Fsp3) is 0.278. The molecule has 1 aromatic heterocycles. The largest absolute Gasteiger partial charge is 0.384 e. The minimum Gasteiger partial charge on any atom is -0.384 e. The maximum Gasteiger partial charge on any atom is 0.239 e. The van der Waals surface area contributed by atoms with Crippen molar-refractivity contribution in [3.05, 3.63) is 47.7 Å². The summed E-state index contributed by atoms with van der Waals surface area (Å²) in [6, 6.07) is 9.27. The number of nitrogen functional groups attached to an aromatic ring is 1. The Balaban J connectivity index is 1.73. The number of nitrogens with one attached hydrogen (secondary N) is 1. The summed E-state index contributed by atoms with van der Waals surface area (Å²) < 4.78 is 0. The van der Waals surface area contributed by atoms with Crippen LogP contribution in [0.15, 0.2) is 36.5 Å². The number of carbonyl (C=O) groups excluding carboxylic acids is 2. The second-order valence-electron chi connectivity index (χ2n) is 6.14. The van der Waals surface area contributed by atoms with E-state index in [0.29, 0.717) is 24.5 Å². The Morgan fingerprint density at radius 1 is 1.25 bits per heavy atom. The summed E-state index contributed by atoms with van der Waals surface area (Å²) in [7, 11) is 0. The summed E-state index contributed by atoms with van der Waals surface area (Å²) in [5, 5.41) is 2.73. The minimum absolute atomic E-state index is 0.166. The third kappa shape index (κ3) is 3.22. The van der Waals surface area contributed by atoms with Crippen molar-refractivity contribution >= 4 is 29.0 Å². The first-order valence-corrected chi connectivity index (χ1v) is 7.86. The van der Waals surface area contributed by atoms with Gasteiger partial charge in [0.05, 0.1) is 11.9 Å². The van der Waals surface area contributed by atoms with Gasteiger partial charge in [-0.3, -0.25) is 9.59 Å². The van der Waals surface area contributed by atoms with Gasteiger partial charge in [0.1, 0.15) is 11.7 Å². The monoisotopic (exact) mass is 324 g/mol. The van der Waals surface area contributed by atoms with E-state index in [1.54, 1.807) is 17.0 Å². The number of nitrogens with zero attached hydrogens (tertiary/aromatic N) is 2. The Labute approximate surface area is 140 Å². The molecule has 0 spiro atoms. The summed E-state index contributed by atoms with van der Waals surface area (Å²) in [4.78, 5) is 30.7. The molecule has 1 aliphatic rings. The van der Waals surface area contributed by atoms with Gasteiger partial charge >= 0.3 is 0 Å². The second-order valence-corrected chi connectivity index (χ2v) is 6.14. The van der Waals surface area contributed by atoms with Crippen molar-refractivity contribution in [3.63, 3.8) is 0 Å². The standard InChI is InChI=1S/C18H20N4O2/c1-11-7-12(2)9-14(8-11)22-6-5-15(18(22)24)17(23)21-13-3-4-16(19)20-10-13/h3-4,7-10,15H,5-6H2,1-2H3,(H2,19,20)(H,21,23). The van der Waals surface area contributed by atoms with Gasteiger partial charge < -0.3 is 16.0 Å². The number of nitrogens with two attached hydrogens (primary N) is 1. The SMILES string of the molecule is Cc1cc(C)cc(N2CCC(C(=O)Nc3ccc(N)nc3)C2=O)c1. The number of aromatic nitrogens is 1. The van der Waals surface area contributed by atoms with E-state index in [1.165, 1.54) is 6.20 Å². The number of benzene rings is 1. The molecular formula is C18H20N4O2. The summed E-state index contributed by atoms with van der Waals surface area (Å²) in [6.07, 6.45) is 1.98. The predicted octanol–water partition coefficient (Wildman–Crippen LogP) is 2.27. The molecule has 2 heterocycles. The van der Waals surface area contributed by atoms with Gasteiger partial charge in [-0.2, -0.15) is 0 Å². The van der Waals surface area contributed by atoms with Crippen molar-refractivity contribution in [2.45, 2.75) is 20.3 Å². The van der Waals surface area contributed by atoms with Crippen molar-refractivity contribution in [1.29, 1.82) is 0 Å². The van der Waals surface area contributed by atoms with Crippen LogP contribution in [0.4, 0.5) is 17.2 Å². The highest BCUT2D eigenvalue weighted by Gasteiger charge is 2.37. The number of pyridine rings is 1. The number of hydrogen-bond acceptors (Lipinski definition) is 4. The summed E-state index contributed by atoms with van der Waals surface area (Å²) in [5.41, 5.74) is 9.10. The van der Waals surface area contributed by atoms with Gasteiger partial charge in [0.25, 0.3) is 0 Å². The molecule has 0 aliphatic carbocycles. The van der Waals surface area contributed by atoms with E-state index in [2.05, 4.69) is 16.4 Å². The van der Waals surface area contributed by atoms with Crippen molar-refractivity contribution in [3.8, 4) is 0 Å². The molecule has 6 heteroatoms. The van der Waals surface area contributed by atoms with Crippen LogP contribution >= 0.6 is 0 Å². The van der Waals surface area contributed by atoms with Crippen LogP contribution in [0.3, 0.4) is 0 Å². The number of hydrogen-bond donors (Lipinski definition) is 2. The summed E-state index contributed by atoms with van der Waals surface area (Å²) in [6.45, 7) is 4.53. The lowest BCUT2D eigenvalue weighted by Gasteiger charge is -2.18. The highest BCUT2D eigenvalue weighted by molar-refractivity contribution is 6.13. The summed E-state index contributed by atoms with van der Waals surface area (Å²) in [5.74, 6) is -0.770. The highest BCUT2D eigenvalue weighted by atomic mass is 16.2. The van der Waals surface area contributed by atoms with Gasteiger partial charge in [-0.25, -0.2) is 4.98 Å². The Morgan fingerprint density at radius 2 is 1.96 bits per heavy atom. The van der Waals surface area contributed by atoms with Crippen molar-refractivity contribution in [1.82, 2.24) is 4.98 Å². The Hall–Kier alpha value is -2.89. The Kier molecular flexibility index (Phi) is 4.20. The van der Waals surface area contributed by atoms with Gasteiger partial charge in [-0.15, -0.1) is 0 Å². The zero-order valence-electron chi connectivity index (χ0n) is 13.7. The molecule has 6 nitrogen and oxygen atoms in total. The number of carbonyl (C=O) groups is 2. The Bertz CT molecular complexity index is 766. The van der Waals surface area contributed by atoms with Crippen LogP contribution in [0.5, 0.6) is 0 Å². The average Bonchev–Trinajstić information content (AvgIpc) is 2.90. The second kappa shape index (κ2) is 6.31. The molecule has 2 amide bonds. The van der Waals surface area contributed by atoms with Gasteiger partial charge in [-0.05, 0) is 55.7 Å². The van der Waals surface area contributed by atoms with Crippen molar-refractivity contribution < 1.29 is 9.59 Å².